The number of rotatable bonds is 2. The number of ether oxygens (including phenoxy) is 1. The maximum absolute atomic E-state index is 12.0. The molecule has 130 valence electrons. The summed E-state index contributed by atoms with van der Waals surface area (Å²) >= 11 is 0. The van der Waals surface area contributed by atoms with Gasteiger partial charge in [0, 0.05) is 12.1 Å². The molecular formula is C11H15F6NO4. The molecule has 5 nitrogen and oxygen atoms in total. The van der Waals surface area contributed by atoms with E-state index in [2.05, 4.69) is 4.74 Å². The molecule has 2 aliphatic heterocycles. The largest absolute Gasteiger partial charge is 0.522 e. The van der Waals surface area contributed by atoms with Gasteiger partial charge < -0.3 is 10.2 Å². The van der Waals surface area contributed by atoms with Crippen molar-refractivity contribution in [1.29, 1.82) is 0 Å². The zero-order valence-electron chi connectivity index (χ0n) is 11.2. The van der Waals surface area contributed by atoms with Gasteiger partial charge in [-0.25, -0.2) is 4.79 Å². The van der Waals surface area contributed by atoms with Crippen molar-refractivity contribution in [3.63, 3.8) is 0 Å². The summed E-state index contributed by atoms with van der Waals surface area (Å²) in [4.78, 5) is 10.8. The SMILES string of the molecule is O=C(O)C(F)(F)F.OC[C@@]12CCCN1C[C@@H](OC(F)(F)F)C2. The third kappa shape index (κ3) is 4.99. The van der Waals surface area contributed by atoms with Gasteiger partial charge in [0.05, 0.1) is 12.7 Å². The van der Waals surface area contributed by atoms with Crippen LogP contribution in [0.4, 0.5) is 26.3 Å². The lowest BCUT2D eigenvalue weighted by atomic mass is 9.94. The summed E-state index contributed by atoms with van der Waals surface area (Å²) in [5.41, 5.74) is -0.448. The molecule has 2 saturated heterocycles. The summed E-state index contributed by atoms with van der Waals surface area (Å²) in [6, 6.07) is 0. The van der Waals surface area contributed by atoms with E-state index in [-0.39, 0.29) is 19.6 Å². The molecule has 0 spiro atoms. The van der Waals surface area contributed by atoms with E-state index in [1.165, 1.54) is 0 Å². The molecular weight excluding hydrogens is 324 g/mol. The Labute approximate surface area is 121 Å². The predicted octanol–water partition coefficient (Wildman–Crippen LogP) is 1.76. The summed E-state index contributed by atoms with van der Waals surface area (Å²) in [5.74, 6) is -2.76. The summed E-state index contributed by atoms with van der Waals surface area (Å²) in [6.45, 7) is 0.961. The normalized spacial score (nSPS) is 29.0. The molecule has 2 rings (SSSR count). The van der Waals surface area contributed by atoms with Gasteiger partial charge in [-0.3, -0.25) is 9.64 Å². The van der Waals surface area contributed by atoms with Gasteiger partial charge in [-0.2, -0.15) is 13.2 Å². The van der Waals surface area contributed by atoms with Crippen molar-refractivity contribution < 1.29 is 46.1 Å². The van der Waals surface area contributed by atoms with Crippen molar-refractivity contribution in [1.82, 2.24) is 4.90 Å². The molecule has 0 aromatic heterocycles. The molecule has 0 aliphatic carbocycles. The van der Waals surface area contributed by atoms with Crippen molar-refractivity contribution in [2.75, 3.05) is 19.7 Å². The Balaban J connectivity index is 0.000000295. The zero-order chi connectivity index (χ0) is 17.2. The molecule has 2 atom stereocenters. The second-order valence-electron chi connectivity index (χ2n) is 5.12. The molecule has 2 aliphatic rings. The minimum absolute atomic E-state index is 0.0787. The number of carboxylic acid groups (broad SMARTS) is 1. The first-order chi connectivity index (χ1) is 9.89. The van der Waals surface area contributed by atoms with Crippen LogP contribution in [0.2, 0.25) is 0 Å². The first kappa shape index (κ1) is 19.0. The number of fused-ring (bicyclic) bond motifs is 1. The van der Waals surface area contributed by atoms with Crippen LogP contribution in [0.1, 0.15) is 19.3 Å². The Hall–Kier alpha value is -1.07. The van der Waals surface area contributed by atoms with Crippen LogP contribution in [0.3, 0.4) is 0 Å². The highest BCUT2D eigenvalue weighted by atomic mass is 19.4. The number of aliphatic hydroxyl groups is 1. The van der Waals surface area contributed by atoms with Crippen LogP contribution in [0.25, 0.3) is 0 Å². The Morgan fingerprint density at radius 2 is 1.82 bits per heavy atom. The van der Waals surface area contributed by atoms with Gasteiger partial charge >= 0.3 is 18.5 Å². The summed E-state index contributed by atoms with van der Waals surface area (Å²) in [6.07, 6.45) is -8.48. The van der Waals surface area contributed by atoms with Crippen molar-refractivity contribution in [3.05, 3.63) is 0 Å². The molecule has 0 aromatic rings. The van der Waals surface area contributed by atoms with Crippen LogP contribution in [0.15, 0.2) is 0 Å². The van der Waals surface area contributed by atoms with E-state index in [0.29, 0.717) is 0 Å². The second-order valence-corrected chi connectivity index (χ2v) is 5.12. The Kier molecular flexibility index (Phi) is 5.68. The number of carbonyl (C=O) groups is 1. The smallest absolute Gasteiger partial charge is 0.475 e. The quantitative estimate of drug-likeness (QED) is 0.750. The van der Waals surface area contributed by atoms with Crippen LogP contribution in [0.5, 0.6) is 0 Å². The fraction of sp³-hybridized carbons (Fsp3) is 0.909. The topological polar surface area (TPSA) is 70.0 Å². The first-order valence-corrected chi connectivity index (χ1v) is 6.30. The van der Waals surface area contributed by atoms with E-state index in [4.69, 9.17) is 9.90 Å². The molecule has 0 bridgehead atoms. The average Bonchev–Trinajstić information content (AvgIpc) is 2.82. The number of carboxylic acids is 1. The standard InChI is InChI=1S/C9H14F3NO2.C2HF3O2/c10-9(11,12)15-7-4-8(6-14)2-1-3-13(8)5-7;3-2(4,5)1(6)7/h7,14H,1-6H2;(H,6,7)/t7-,8-;/m0./s1. The van der Waals surface area contributed by atoms with Gasteiger partial charge in [-0.1, -0.05) is 0 Å². The summed E-state index contributed by atoms with van der Waals surface area (Å²) in [5, 5.41) is 16.4. The van der Waals surface area contributed by atoms with Gasteiger partial charge in [0.25, 0.3) is 0 Å². The molecule has 0 aromatic carbocycles. The predicted molar refractivity (Wildman–Crippen MR) is 59.9 cm³/mol. The third-order valence-corrected chi connectivity index (χ3v) is 3.61. The van der Waals surface area contributed by atoms with Crippen LogP contribution < -0.4 is 0 Å². The lowest BCUT2D eigenvalue weighted by Crippen LogP contribution is -2.41. The van der Waals surface area contributed by atoms with E-state index in [1.807, 2.05) is 4.90 Å². The number of halogens is 6. The molecule has 0 saturated carbocycles. The lowest BCUT2D eigenvalue weighted by molar-refractivity contribution is -0.340. The van der Waals surface area contributed by atoms with Crippen LogP contribution in [-0.2, 0) is 9.53 Å². The summed E-state index contributed by atoms with van der Waals surface area (Å²) in [7, 11) is 0. The van der Waals surface area contributed by atoms with Crippen molar-refractivity contribution >= 4 is 5.97 Å². The minimum Gasteiger partial charge on any atom is -0.475 e. The first-order valence-electron chi connectivity index (χ1n) is 6.30. The molecule has 2 heterocycles. The zero-order valence-corrected chi connectivity index (χ0v) is 11.2. The molecule has 0 amide bonds. The maximum atomic E-state index is 12.0. The van der Waals surface area contributed by atoms with Crippen LogP contribution in [0, 0.1) is 0 Å². The van der Waals surface area contributed by atoms with E-state index >= 15 is 0 Å². The van der Waals surface area contributed by atoms with Crippen LogP contribution in [-0.4, -0.2) is 65.0 Å². The number of hydrogen-bond acceptors (Lipinski definition) is 4. The molecule has 22 heavy (non-hydrogen) atoms. The fourth-order valence-electron chi connectivity index (χ4n) is 2.76. The maximum Gasteiger partial charge on any atom is 0.522 e. The van der Waals surface area contributed by atoms with Crippen molar-refractivity contribution in [2.45, 2.75) is 43.4 Å². The number of alkyl halides is 6. The number of hydrogen-bond donors (Lipinski definition) is 2. The summed E-state index contributed by atoms with van der Waals surface area (Å²) < 4.78 is 71.8. The Morgan fingerprint density at radius 1 is 1.27 bits per heavy atom. The highest BCUT2D eigenvalue weighted by Crippen LogP contribution is 2.40. The van der Waals surface area contributed by atoms with E-state index in [1.54, 1.807) is 0 Å². The number of aliphatic hydroxyl groups excluding tert-OH is 1. The van der Waals surface area contributed by atoms with Gasteiger partial charge in [0.15, 0.2) is 0 Å². The van der Waals surface area contributed by atoms with E-state index in [9.17, 15) is 31.4 Å². The van der Waals surface area contributed by atoms with Crippen molar-refractivity contribution in [2.24, 2.45) is 0 Å². The van der Waals surface area contributed by atoms with Gasteiger partial charge in [0.1, 0.15) is 0 Å². The average molecular weight is 339 g/mol. The highest BCUT2D eigenvalue weighted by molar-refractivity contribution is 5.73. The van der Waals surface area contributed by atoms with Gasteiger partial charge in [-0.05, 0) is 25.8 Å². The molecule has 0 unspecified atom stereocenters. The van der Waals surface area contributed by atoms with Gasteiger partial charge in [0.2, 0.25) is 0 Å². The second kappa shape index (κ2) is 6.59. The minimum atomic E-state index is -5.08. The van der Waals surface area contributed by atoms with E-state index < -0.39 is 30.2 Å². The number of nitrogens with zero attached hydrogens (tertiary/aromatic N) is 1. The van der Waals surface area contributed by atoms with E-state index in [0.717, 1.165) is 19.4 Å². The third-order valence-electron chi connectivity index (χ3n) is 3.61. The lowest BCUT2D eigenvalue weighted by Gasteiger charge is -2.28. The molecule has 0 radical (unpaired) electrons. The number of aliphatic carboxylic acids is 1. The van der Waals surface area contributed by atoms with Crippen molar-refractivity contribution in [3.8, 4) is 0 Å². The Bertz CT molecular complexity index is 399. The molecule has 11 heteroatoms. The highest BCUT2D eigenvalue weighted by Gasteiger charge is 2.50. The monoisotopic (exact) mass is 339 g/mol. The van der Waals surface area contributed by atoms with Crippen LogP contribution >= 0.6 is 0 Å². The fourth-order valence-corrected chi connectivity index (χ4v) is 2.76. The molecule has 2 fully saturated rings. The Morgan fingerprint density at radius 3 is 2.18 bits per heavy atom. The van der Waals surface area contributed by atoms with Gasteiger partial charge in [-0.15, -0.1) is 13.2 Å². The molecule has 2 N–H and O–H groups in total.